The number of nitrogens with zero attached hydrogens (tertiary/aromatic N) is 3. The Hall–Kier alpha value is -3.26. The summed E-state index contributed by atoms with van der Waals surface area (Å²) < 4.78 is 7.79. The first-order valence-corrected chi connectivity index (χ1v) is 14.2. The highest BCUT2D eigenvalue weighted by molar-refractivity contribution is 7.99. The van der Waals surface area contributed by atoms with E-state index in [2.05, 4.69) is 24.5 Å². The number of para-hydroxylation sites is 1. The molecule has 7 nitrogen and oxygen atoms in total. The lowest BCUT2D eigenvalue weighted by Gasteiger charge is -2.29. The van der Waals surface area contributed by atoms with Gasteiger partial charge >= 0.3 is 0 Å². The van der Waals surface area contributed by atoms with E-state index < -0.39 is 6.04 Å². The van der Waals surface area contributed by atoms with Crippen LogP contribution in [-0.4, -0.2) is 33.0 Å². The van der Waals surface area contributed by atoms with Crippen molar-refractivity contribution in [2.24, 2.45) is 0 Å². The predicted molar refractivity (Wildman–Crippen MR) is 151 cm³/mol. The maximum absolute atomic E-state index is 13.7. The summed E-state index contributed by atoms with van der Waals surface area (Å²) in [6, 6.07) is 15.4. The smallest absolute Gasteiger partial charge is 0.255 e. The van der Waals surface area contributed by atoms with Crippen LogP contribution in [0.2, 0.25) is 0 Å². The average Bonchev–Trinajstić information content (AvgIpc) is 3.30. The molecule has 1 amide bonds. The van der Waals surface area contributed by atoms with Gasteiger partial charge in [-0.2, -0.15) is 4.98 Å². The second-order valence-corrected chi connectivity index (χ2v) is 10.4. The van der Waals surface area contributed by atoms with Gasteiger partial charge in [-0.25, -0.2) is 4.68 Å². The third kappa shape index (κ3) is 6.55. The standard InChI is InChI=1S/C29H37N5O2S/c1-5-7-8-11-18-36-23-16-14-22(15-17-23)26-25(27(35)31-24-13-10-9-12-20(24)3)21(4)30-28-32-29(33-34(26)28)37-19-6-2/h9-10,12-17,26H,5-8,11,18-19H2,1-4H3,(H,31,35)(H,30,32,33). The number of ether oxygens (including phenoxy) is 1. The third-order valence-electron chi connectivity index (χ3n) is 6.37. The fourth-order valence-corrected chi connectivity index (χ4v) is 5.04. The zero-order chi connectivity index (χ0) is 26.2. The van der Waals surface area contributed by atoms with Gasteiger partial charge in [0.25, 0.3) is 5.91 Å². The lowest BCUT2D eigenvalue weighted by molar-refractivity contribution is -0.113. The lowest BCUT2D eigenvalue weighted by Crippen LogP contribution is -2.31. The number of carbonyl (C=O) groups excluding carboxylic acids is 1. The van der Waals surface area contributed by atoms with E-state index >= 15 is 0 Å². The Balaban J connectivity index is 1.63. The monoisotopic (exact) mass is 519 g/mol. The highest BCUT2D eigenvalue weighted by Crippen LogP contribution is 2.37. The Kier molecular flexibility index (Phi) is 9.28. The molecule has 1 aliphatic heterocycles. The van der Waals surface area contributed by atoms with Crippen molar-refractivity contribution in [1.82, 2.24) is 14.8 Å². The van der Waals surface area contributed by atoms with Crippen LogP contribution >= 0.6 is 11.8 Å². The molecule has 37 heavy (non-hydrogen) atoms. The maximum atomic E-state index is 13.7. The first-order valence-electron chi connectivity index (χ1n) is 13.2. The molecule has 0 aliphatic carbocycles. The van der Waals surface area contributed by atoms with Crippen LogP contribution in [0, 0.1) is 6.92 Å². The van der Waals surface area contributed by atoms with E-state index in [1.807, 2.05) is 67.1 Å². The molecule has 1 aromatic heterocycles. The van der Waals surface area contributed by atoms with Crippen LogP contribution in [0.1, 0.15) is 70.0 Å². The van der Waals surface area contributed by atoms with Crippen molar-refractivity contribution in [2.45, 2.75) is 71.0 Å². The quantitative estimate of drug-likeness (QED) is 0.199. The van der Waals surface area contributed by atoms with Crippen LogP contribution in [0.3, 0.4) is 0 Å². The molecule has 8 heteroatoms. The van der Waals surface area contributed by atoms with Crippen molar-refractivity contribution >= 4 is 29.3 Å². The Morgan fingerprint density at radius 3 is 2.57 bits per heavy atom. The molecular formula is C29H37N5O2S. The summed E-state index contributed by atoms with van der Waals surface area (Å²) in [5, 5.41) is 11.9. The van der Waals surface area contributed by atoms with Gasteiger partial charge in [0, 0.05) is 17.1 Å². The molecule has 4 rings (SSSR count). The van der Waals surface area contributed by atoms with Gasteiger partial charge in [-0.3, -0.25) is 4.79 Å². The highest BCUT2D eigenvalue weighted by Gasteiger charge is 2.34. The number of hydrogen-bond donors (Lipinski definition) is 2. The summed E-state index contributed by atoms with van der Waals surface area (Å²) in [6.45, 7) is 8.96. The van der Waals surface area contributed by atoms with Crippen molar-refractivity contribution in [3.63, 3.8) is 0 Å². The first-order chi connectivity index (χ1) is 18.0. The zero-order valence-corrected chi connectivity index (χ0v) is 23.0. The maximum Gasteiger partial charge on any atom is 0.255 e. The van der Waals surface area contributed by atoms with E-state index in [0.717, 1.165) is 46.9 Å². The van der Waals surface area contributed by atoms with E-state index in [9.17, 15) is 4.79 Å². The minimum atomic E-state index is -0.414. The molecular weight excluding hydrogens is 482 g/mol. The number of aryl methyl sites for hydroxylation is 1. The van der Waals surface area contributed by atoms with Crippen molar-refractivity contribution in [3.8, 4) is 5.75 Å². The summed E-state index contributed by atoms with van der Waals surface area (Å²) in [6.07, 6.45) is 5.71. The molecule has 2 aromatic carbocycles. The van der Waals surface area contributed by atoms with Crippen molar-refractivity contribution in [1.29, 1.82) is 0 Å². The summed E-state index contributed by atoms with van der Waals surface area (Å²) >= 11 is 1.62. The molecule has 1 unspecified atom stereocenters. The van der Waals surface area contributed by atoms with Crippen LogP contribution in [0.15, 0.2) is 65.0 Å². The van der Waals surface area contributed by atoms with Gasteiger partial charge < -0.3 is 15.4 Å². The minimum Gasteiger partial charge on any atom is -0.494 e. The molecule has 0 spiro atoms. The number of nitrogens with one attached hydrogen (secondary N) is 2. The van der Waals surface area contributed by atoms with E-state index in [1.165, 1.54) is 19.3 Å². The SMILES string of the molecule is CCCCCCOc1ccc(C2C(C(=O)Nc3ccccc3C)=C(C)Nc3nc(SCCC)nn32)cc1. The van der Waals surface area contributed by atoms with E-state index in [1.54, 1.807) is 11.8 Å². The van der Waals surface area contributed by atoms with Gasteiger partial charge in [-0.15, -0.1) is 5.10 Å². The van der Waals surface area contributed by atoms with E-state index in [4.69, 9.17) is 14.8 Å². The second kappa shape index (κ2) is 12.8. The molecule has 2 N–H and O–H groups in total. The fourth-order valence-electron chi connectivity index (χ4n) is 4.36. The first kappa shape index (κ1) is 26.8. The summed E-state index contributed by atoms with van der Waals surface area (Å²) in [4.78, 5) is 18.4. The number of thioether (sulfide) groups is 1. The Labute approximate surface area is 224 Å². The average molecular weight is 520 g/mol. The summed E-state index contributed by atoms with van der Waals surface area (Å²) in [5.74, 6) is 2.25. The molecule has 1 atom stereocenters. The van der Waals surface area contributed by atoms with Gasteiger partial charge in [0.1, 0.15) is 11.8 Å². The van der Waals surface area contributed by atoms with Crippen molar-refractivity contribution < 1.29 is 9.53 Å². The number of benzene rings is 2. The van der Waals surface area contributed by atoms with Gasteiger partial charge in [-0.05, 0) is 56.0 Å². The van der Waals surface area contributed by atoms with Gasteiger partial charge in [0.05, 0.1) is 12.2 Å². The van der Waals surface area contributed by atoms with Crippen LogP contribution < -0.4 is 15.4 Å². The van der Waals surface area contributed by atoms with Crippen LogP contribution in [-0.2, 0) is 4.79 Å². The number of fused-ring (bicyclic) bond motifs is 1. The molecule has 1 aliphatic rings. The molecule has 0 saturated carbocycles. The minimum absolute atomic E-state index is 0.163. The largest absolute Gasteiger partial charge is 0.494 e. The number of unbranched alkanes of at least 4 members (excludes halogenated alkanes) is 3. The Morgan fingerprint density at radius 2 is 1.84 bits per heavy atom. The molecule has 0 fully saturated rings. The van der Waals surface area contributed by atoms with Crippen molar-refractivity contribution in [3.05, 3.63) is 70.9 Å². The second-order valence-electron chi connectivity index (χ2n) is 9.32. The van der Waals surface area contributed by atoms with Crippen LogP contribution in [0.5, 0.6) is 5.75 Å². The number of carbonyl (C=O) groups is 1. The topological polar surface area (TPSA) is 81.1 Å². The van der Waals surface area contributed by atoms with Crippen molar-refractivity contribution in [2.75, 3.05) is 23.0 Å². The number of rotatable bonds is 12. The molecule has 0 bridgehead atoms. The number of allylic oxidation sites excluding steroid dienone is 1. The normalized spacial score (nSPS) is 14.8. The zero-order valence-electron chi connectivity index (χ0n) is 22.2. The molecule has 0 saturated heterocycles. The molecule has 196 valence electrons. The van der Waals surface area contributed by atoms with Gasteiger partial charge in [0.2, 0.25) is 11.1 Å². The number of hydrogen-bond acceptors (Lipinski definition) is 6. The van der Waals surface area contributed by atoms with Gasteiger partial charge in [-0.1, -0.05) is 75.2 Å². The highest BCUT2D eigenvalue weighted by atomic mass is 32.2. The predicted octanol–water partition coefficient (Wildman–Crippen LogP) is 6.98. The van der Waals surface area contributed by atoms with Crippen LogP contribution in [0.4, 0.5) is 11.6 Å². The van der Waals surface area contributed by atoms with E-state index in [-0.39, 0.29) is 5.91 Å². The third-order valence-corrected chi connectivity index (χ3v) is 7.41. The molecule has 0 radical (unpaired) electrons. The summed E-state index contributed by atoms with van der Waals surface area (Å²) in [7, 11) is 0. The number of aromatic nitrogens is 3. The fraction of sp³-hybridized carbons (Fsp3) is 0.414. The lowest BCUT2D eigenvalue weighted by atomic mass is 9.95. The number of amides is 1. The molecule has 2 heterocycles. The van der Waals surface area contributed by atoms with Gasteiger partial charge in [0.15, 0.2) is 0 Å². The Bertz CT molecular complexity index is 1240. The Morgan fingerprint density at radius 1 is 1.05 bits per heavy atom. The molecule has 3 aromatic rings. The number of anilines is 2. The summed E-state index contributed by atoms with van der Waals surface area (Å²) in [5.41, 5.74) is 4.13. The van der Waals surface area contributed by atoms with E-state index in [0.29, 0.717) is 23.3 Å². The van der Waals surface area contributed by atoms with Crippen LogP contribution in [0.25, 0.3) is 0 Å².